The van der Waals surface area contributed by atoms with Crippen molar-refractivity contribution in [3.8, 4) is 0 Å². The van der Waals surface area contributed by atoms with Gasteiger partial charge in [-0.1, -0.05) is 43.2 Å². The molecule has 1 heterocycles. The number of aryl methyl sites for hydroxylation is 1. The molecule has 0 atom stereocenters. The Morgan fingerprint density at radius 3 is 2.30 bits per heavy atom. The third-order valence-electron chi connectivity index (χ3n) is 4.52. The number of anilines is 1. The van der Waals surface area contributed by atoms with Crippen LogP contribution in [-0.2, 0) is 0 Å². The molecule has 0 saturated carbocycles. The molecule has 1 saturated heterocycles. The molecule has 0 unspecified atom stereocenters. The minimum atomic E-state index is -0.295. The molecule has 1 fully saturated rings. The van der Waals surface area contributed by atoms with Crippen molar-refractivity contribution in [2.24, 2.45) is 0 Å². The number of hydrogen-bond acceptors (Lipinski definition) is 2. The van der Waals surface area contributed by atoms with Crippen LogP contribution in [-0.4, -0.2) is 18.9 Å². The van der Waals surface area contributed by atoms with Gasteiger partial charge in [0.15, 0.2) is 5.78 Å². The van der Waals surface area contributed by atoms with Gasteiger partial charge in [-0.25, -0.2) is 4.39 Å². The van der Waals surface area contributed by atoms with Gasteiger partial charge in [-0.15, -0.1) is 0 Å². The van der Waals surface area contributed by atoms with E-state index >= 15 is 0 Å². The summed E-state index contributed by atoms with van der Waals surface area (Å²) in [5.74, 6) is -0.416. The van der Waals surface area contributed by atoms with Gasteiger partial charge in [0, 0.05) is 24.2 Å². The second-order valence-electron chi connectivity index (χ2n) is 6.21. The van der Waals surface area contributed by atoms with Crippen molar-refractivity contribution in [3.05, 3.63) is 65.0 Å². The minimum Gasteiger partial charge on any atom is -0.369 e. The summed E-state index contributed by atoms with van der Waals surface area (Å²) in [4.78, 5) is 14.7. The average molecular weight is 311 g/mol. The van der Waals surface area contributed by atoms with Gasteiger partial charge in [0.25, 0.3) is 0 Å². The fourth-order valence-corrected chi connectivity index (χ4v) is 3.21. The molecule has 0 radical (unpaired) electrons. The maximum absolute atomic E-state index is 14.6. The van der Waals surface area contributed by atoms with E-state index < -0.39 is 0 Å². The number of halogens is 1. The molecule has 120 valence electrons. The summed E-state index contributed by atoms with van der Waals surface area (Å²) in [6, 6.07) is 12.3. The molecule has 23 heavy (non-hydrogen) atoms. The van der Waals surface area contributed by atoms with E-state index in [-0.39, 0.29) is 11.6 Å². The summed E-state index contributed by atoms with van der Waals surface area (Å²) in [6.45, 7) is 3.67. The Hall–Kier alpha value is -2.16. The third kappa shape index (κ3) is 3.44. The molecule has 3 rings (SSSR count). The fourth-order valence-electron chi connectivity index (χ4n) is 3.21. The van der Waals surface area contributed by atoms with Crippen LogP contribution in [0.1, 0.15) is 47.2 Å². The second-order valence-corrected chi connectivity index (χ2v) is 6.21. The maximum Gasteiger partial charge on any atom is 0.193 e. The predicted octanol–water partition coefficient (Wildman–Crippen LogP) is 4.75. The molecule has 2 nitrogen and oxygen atoms in total. The standard InChI is InChI=1S/C20H22FNO/c1-15-13-19(22-11-7-2-3-8-12-22)18(21)14-17(15)20(23)16-9-5-4-6-10-16/h4-6,9-10,13-14H,2-3,7-8,11-12H2,1H3. The van der Waals surface area contributed by atoms with Crippen LogP contribution in [0.15, 0.2) is 42.5 Å². The van der Waals surface area contributed by atoms with Gasteiger partial charge in [-0.2, -0.15) is 0 Å². The highest BCUT2D eigenvalue weighted by atomic mass is 19.1. The van der Waals surface area contributed by atoms with Gasteiger partial charge in [0.1, 0.15) is 5.82 Å². The summed E-state index contributed by atoms with van der Waals surface area (Å²) in [7, 11) is 0. The summed E-state index contributed by atoms with van der Waals surface area (Å²) >= 11 is 0. The van der Waals surface area contributed by atoms with E-state index in [0.29, 0.717) is 16.8 Å². The SMILES string of the molecule is Cc1cc(N2CCCCCC2)c(F)cc1C(=O)c1ccccc1. The highest BCUT2D eigenvalue weighted by molar-refractivity contribution is 6.10. The first kappa shape index (κ1) is 15.7. The Balaban J connectivity index is 1.92. The average Bonchev–Trinajstić information content (AvgIpc) is 2.86. The first-order chi connectivity index (χ1) is 11.2. The van der Waals surface area contributed by atoms with Gasteiger partial charge in [-0.3, -0.25) is 4.79 Å². The summed E-state index contributed by atoms with van der Waals surface area (Å²) in [6.07, 6.45) is 4.62. The molecule has 3 heteroatoms. The Morgan fingerprint density at radius 2 is 1.65 bits per heavy atom. The van der Waals surface area contributed by atoms with Crippen molar-refractivity contribution in [1.82, 2.24) is 0 Å². The molecule has 0 amide bonds. The highest BCUT2D eigenvalue weighted by Crippen LogP contribution is 2.27. The van der Waals surface area contributed by atoms with E-state index in [2.05, 4.69) is 4.90 Å². The van der Waals surface area contributed by atoms with E-state index in [4.69, 9.17) is 0 Å². The topological polar surface area (TPSA) is 20.3 Å². The van der Waals surface area contributed by atoms with Gasteiger partial charge in [0.2, 0.25) is 0 Å². The van der Waals surface area contributed by atoms with Crippen LogP contribution in [0.2, 0.25) is 0 Å². The van der Waals surface area contributed by atoms with E-state index in [1.807, 2.05) is 31.2 Å². The molecular formula is C20H22FNO. The molecule has 2 aromatic rings. The fraction of sp³-hybridized carbons (Fsp3) is 0.350. The Kier molecular flexibility index (Phi) is 4.75. The normalized spacial score (nSPS) is 15.3. The minimum absolute atomic E-state index is 0.121. The van der Waals surface area contributed by atoms with Crippen LogP contribution < -0.4 is 4.90 Å². The van der Waals surface area contributed by atoms with Gasteiger partial charge < -0.3 is 4.90 Å². The zero-order valence-electron chi connectivity index (χ0n) is 13.5. The summed E-state index contributed by atoms with van der Waals surface area (Å²) < 4.78 is 14.6. The number of carbonyl (C=O) groups excluding carboxylic acids is 1. The molecule has 1 aliphatic heterocycles. The lowest BCUT2D eigenvalue weighted by Gasteiger charge is -2.24. The Morgan fingerprint density at radius 1 is 1.00 bits per heavy atom. The third-order valence-corrected chi connectivity index (χ3v) is 4.52. The first-order valence-electron chi connectivity index (χ1n) is 8.31. The second kappa shape index (κ2) is 6.95. The van der Waals surface area contributed by atoms with Crippen molar-refractivity contribution in [2.45, 2.75) is 32.6 Å². The van der Waals surface area contributed by atoms with E-state index in [0.717, 1.165) is 31.5 Å². The monoisotopic (exact) mass is 311 g/mol. The number of carbonyl (C=O) groups is 1. The van der Waals surface area contributed by atoms with Gasteiger partial charge in [0.05, 0.1) is 5.69 Å². The Bertz CT molecular complexity index is 688. The number of hydrogen-bond donors (Lipinski definition) is 0. The molecule has 0 aliphatic carbocycles. The number of ketones is 1. The van der Waals surface area contributed by atoms with Crippen molar-refractivity contribution < 1.29 is 9.18 Å². The smallest absolute Gasteiger partial charge is 0.193 e. The largest absolute Gasteiger partial charge is 0.369 e. The van der Waals surface area contributed by atoms with Crippen LogP contribution in [0.4, 0.5) is 10.1 Å². The zero-order chi connectivity index (χ0) is 16.2. The van der Waals surface area contributed by atoms with Crippen molar-refractivity contribution in [2.75, 3.05) is 18.0 Å². The zero-order valence-corrected chi connectivity index (χ0v) is 13.5. The molecular weight excluding hydrogens is 289 g/mol. The van der Waals surface area contributed by atoms with Gasteiger partial charge in [-0.05, 0) is 37.5 Å². The number of benzene rings is 2. The number of nitrogens with zero attached hydrogens (tertiary/aromatic N) is 1. The van der Waals surface area contributed by atoms with Gasteiger partial charge >= 0.3 is 0 Å². The molecule has 0 aromatic heterocycles. The first-order valence-corrected chi connectivity index (χ1v) is 8.31. The highest BCUT2D eigenvalue weighted by Gasteiger charge is 2.19. The van der Waals surface area contributed by atoms with Crippen molar-refractivity contribution in [1.29, 1.82) is 0 Å². The quantitative estimate of drug-likeness (QED) is 0.763. The summed E-state index contributed by atoms with van der Waals surface area (Å²) in [5, 5.41) is 0. The molecule has 0 N–H and O–H groups in total. The van der Waals surface area contributed by atoms with E-state index in [1.165, 1.54) is 18.9 Å². The molecule has 1 aliphatic rings. The molecule has 2 aromatic carbocycles. The number of rotatable bonds is 3. The lowest BCUT2D eigenvalue weighted by Crippen LogP contribution is -2.25. The predicted molar refractivity (Wildman–Crippen MR) is 91.7 cm³/mol. The molecule has 0 spiro atoms. The van der Waals surface area contributed by atoms with Crippen LogP contribution >= 0.6 is 0 Å². The summed E-state index contributed by atoms with van der Waals surface area (Å²) in [5.41, 5.74) is 2.51. The van der Waals surface area contributed by atoms with Crippen LogP contribution in [0.25, 0.3) is 0 Å². The van der Waals surface area contributed by atoms with E-state index in [1.54, 1.807) is 12.1 Å². The van der Waals surface area contributed by atoms with E-state index in [9.17, 15) is 9.18 Å². The van der Waals surface area contributed by atoms with Crippen LogP contribution in [0, 0.1) is 12.7 Å². The lowest BCUT2D eigenvalue weighted by atomic mass is 9.98. The Labute approximate surface area is 136 Å². The van der Waals surface area contributed by atoms with Crippen molar-refractivity contribution >= 4 is 11.5 Å². The lowest BCUT2D eigenvalue weighted by molar-refractivity contribution is 0.103. The molecule has 0 bridgehead atoms. The van der Waals surface area contributed by atoms with Crippen molar-refractivity contribution in [3.63, 3.8) is 0 Å². The maximum atomic E-state index is 14.6. The van der Waals surface area contributed by atoms with Crippen LogP contribution in [0.3, 0.4) is 0 Å². The van der Waals surface area contributed by atoms with Crippen LogP contribution in [0.5, 0.6) is 0 Å².